The molecule has 3 nitrogen and oxygen atoms in total. The molecule has 1 rings (SSSR count). The maximum atomic E-state index is 11.4. The summed E-state index contributed by atoms with van der Waals surface area (Å²) in [6.07, 6.45) is 0.00282. The highest BCUT2D eigenvalue weighted by Crippen LogP contribution is 2.15. The maximum absolute atomic E-state index is 11.4. The molecule has 16 heavy (non-hydrogen) atoms. The Balaban J connectivity index is 2.59. The van der Waals surface area contributed by atoms with Crippen LogP contribution in [0.3, 0.4) is 0 Å². The van der Waals surface area contributed by atoms with Gasteiger partial charge in [0.15, 0.2) is 0 Å². The summed E-state index contributed by atoms with van der Waals surface area (Å²) in [5, 5.41) is 0. The molecule has 0 radical (unpaired) electrons. The minimum absolute atomic E-state index is 0.00282. The summed E-state index contributed by atoms with van der Waals surface area (Å²) in [6, 6.07) is 9.29. The third kappa shape index (κ3) is 3.35. The van der Waals surface area contributed by atoms with Crippen molar-refractivity contribution in [3.8, 4) is 0 Å². The third-order valence-electron chi connectivity index (χ3n) is 2.06. The summed E-state index contributed by atoms with van der Waals surface area (Å²) in [5.74, 6) is -1.35. The molecule has 0 fully saturated rings. The van der Waals surface area contributed by atoms with E-state index in [2.05, 4.69) is 11.3 Å². The van der Waals surface area contributed by atoms with E-state index in [1.54, 1.807) is 6.92 Å². The molecule has 0 bridgehead atoms. The summed E-state index contributed by atoms with van der Waals surface area (Å²) in [4.78, 5) is 22.5. The zero-order valence-electron chi connectivity index (χ0n) is 9.23. The Labute approximate surface area is 94.7 Å². The number of ketones is 1. The van der Waals surface area contributed by atoms with Gasteiger partial charge in [-0.25, -0.2) is 4.79 Å². The van der Waals surface area contributed by atoms with Crippen molar-refractivity contribution < 1.29 is 14.3 Å². The lowest BCUT2D eigenvalue weighted by Gasteiger charge is -2.04. The van der Waals surface area contributed by atoms with E-state index >= 15 is 0 Å². The van der Waals surface area contributed by atoms with E-state index in [0.29, 0.717) is 5.57 Å². The SMILES string of the molecule is C=C(CC(=O)C(=O)OCC)c1ccccc1. The van der Waals surface area contributed by atoms with Crippen LogP contribution in [0.4, 0.5) is 0 Å². The Bertz CT molecular complexity index is 393. The van der Waals surface area contributed by atoms with Gasteiger partial charge in [0.25, 0.3) is 0 Å². The van der Waals surface area contributed by atoms with E-state index in [1.807, 2.05) is 30.3 Å². The van der Waals surface area contributed by atoms with E-state index in [4.69, 9.17) is 0 Å². The van der Waals surface area contributed by atoms with E-state index in [1.165, 1.54) is 0 Å². The minimum atomic E-state index is -0.792. The Morgan fingerprint density at radius 1 is 1.25 bits per heavy atom. The van der Waals surface area contributed by atoms with Crippen molar-refractivity contribution in [1.29, 1.82) is 0 Å². The molecule has 3 heteroatoms. The number of rotatable bonds is 5. The molecule has 0 unspecified atom stereocenters. The number of carbonyl (C=O) groups excluding carboxylic acids is 2. The first-order valence-corrected chi connectivity index (χ1v) is 5.08. The molecule has 0 saturated heterocycles. The van der Waals surface area contributed by atoms with Crippen LogP contribution in [-0.2, 0) is 14.3 Å². The fourth-order valence-corrected chi connectivity index (χ4v) is 1.25. The standard InChI is InChI=1S/C13H14O3/c1-3-16-13(15)12(14)9-10(2)11-7-5-4-6-8-11/h4-8H,2-3,9H2,1H3. The van der Waals surface area contributed by atoms with Gasteiger partial charge in [-0.1, -0.05) is 36.9 Å². The second-order valence-electron chi connectivity index (χ2n) is 3.29. The number of allylic oxidation sites excluding steroid dienone is 1. The normalized spacial score (nSPS) is 9.56. The minimum Gasteiger partial charge on any atom is -0.460 e. The fourth-order valence-electron chi connectivity index (χ4n) is 1.25. The van der Waals surface area contributed by atoms with Crippen LogP contribution in [0.5, 0.6) is 0 Å². The predicted molar refractivity (Wildman–Crippen MR) is 61.7 cm³/mol. The van der Waals surface area contributed by atoms with E-state index in [9.17, 15) is 9.59 Å². The molecule has 0 spiro atoms. The highest BCUT2D eigenvalue weighted by molar-refractivity contribution is 6.35. The highest BCUT2D eigenvalue weighted by Gasteiger charge is 2.16. The van der Waals surface area contributed by atoms with Crippen molar-refractivity contribution in [2.75, 3.05) is 6.61 Å². The van der Waals surface area contributed by atoms with Gasteiger partial charge in [0.1, 0.15) is 0 Å². The van der Waals surface area contributed by atoms with Crippen LogP contribution in [0, 0.1) is 0 Å². The first-order valence-electron chi connectivity index (χ1n) is 5.08. The first kappa shape index (κ1) is 12.2. The van der Waals surface area contributed by atoms with Crippen molar-refractivity contribution in [1.82, 2.24) is 0 Å². The molecule has 1 aromatic rings. The quantitative estimate of drug-likeness (QED) is 0.562. The molecule has 0 atom stereocenters. The Hall–Kier alpha value is -1.90. The number of hydrogen-bond donors (Lipinski definition) is 0. The van der Waals surface area contributed by atoms with Crippen molar-refractivity contribution in [2.24, 2.45) is 0 Å². The van der Waals surface area contributed by atoms with Gasteiger partial charge < -0.3 is 4.74 Å². The highest BCUT2D eigenvalue weighted by atomic mass is 16.5. The second-order valence-corrected chi connectivity index (χ2v) is 3.29. The topological polar surface area (TPSA) is 43.4 Å². The van der Waals surface area contributed by atoms with Crippen LogP contribution in [0.2, 0.25) is 0 Å². The van der Waals surface area contributed by atoms with Crippen LogP contribution < -0.4 is 0 Å². The summed E-state index contributed by atoms with van der Waals surface area (Å²) < 4.78 is 4.61. The van der Waals surface area contributed by atoms with Gasteiger partial charge in [0.2, 0.25) is 5.78 Å². The summed E-state index contributed by atoms with van der Waals surface area (Å²) in [6.45, 7) is 5.65. The molecule has 0 saturated carbocycles. The third-order valence-corrected chi connectivity index (χ3v) is 2.06. The molecule has 1 aromatic carbocycles. The number of Topliss-reactive ketones (excluding diaryl/α,β-unsaturated/α-hetero) is 1. The molecule has 0 aliphatic rings. The molecule has 0 aliphatic carbocycles. The zero-order chi connectivity index (χ0) is 12.0. The van der Waals surface area contributed by atoms with Gasteiger partial charge in [0.05, 0.1) is 6.61 Å². The van der Waals surface area contributed by atoms with E-state index < -0.39 is 11.8 Å². The molecule has 84 valence electrons. The van der Waals surface area contributed by atoms with Gasteiger partial charge in [-0.05, 0) is 18.1 Å². The van der Waals surface area contributed by atoms with Crippen LogP contribution in [0.15, 0.2) is 36.9 Å². The van der Waals surface area contributed by atoms with Crippen molar-refractivity contribution >= 4 is 17.3 Å². The summed E-state index contributed by atoms with van der Waals surface area (Å²) in [5.41, 5.74) is 1.49. The van der Waals surface area contributed by atoms with Gasteiger partial charge in [-0.15, -0.1) is 0 Å². The number of esters is 1. The Morgan fingerprint density at radius 2 is 1.88 bits per heavy atom. The van der Waals surface area contributed by atoms with Crippen molar-refractivity contribution in [3.63, 3.8) is 0 Å². The van der Waals surface area contributed by atoms with E-state index in [-0.39, 0.29) is 13.0 Å². The molecular weight excluding hydrogens is 204 g/mol. The van der Waals surface area contributed by atoms with Crippen LogP contribution in [0.25, 0.3) is 5.57 Å². The summed E-state index contributed by atoms with van der Waals surface area (Å²) in [7, 11) is 0. The number of carbonyl (C=O) groups is 2. The number of ether oxygens (including phenoxy) is 1. The van der Waals surface area contributed by atoms with Crippen LogP contribution in [-0.4, -0.2) is 18.4 Å². The molecule has 0 amide bonds. The van der Waals surface area contributed by atoms with Gasteiger partial charge in [-0.3, -0.25) is 4.79 Å². The number of hydrogen-bond acceptors (Lipinski definition) is 3. The molecule has 0 N–H and O–H groups in total. The average Bonchev–Trinajstić information content (AvgIpc) is 2.30. The molecule has 0 aromatic heterocycles. The zero-order valence-corrected chi connectivity index (χ0v) is 9.23. The van der Waals surface area contributed by atoms with Crippen LogP contribution >= 0.6 is 0 Å². The maximum Gasteiger partial charge on any atom is 0.374 e. The smallest absolute Gasteiger partial charge is 0.374 e. The molecule has 0 heterocycles. The summed E-state index contributed by atoms with van der Waals surface area (Å²) >= 11 is 0. The molecular formula is C13H14O3. The number of benzene rings is 1. The Kier molecular flexibility index (Phi) is 4.45. The van der Waals surface area contributed by atoms with Gasteiger partial charge in [0, 0.05) is 6.42 Å². The Morgan fingerprint density at radius 3 is 2.44 bits per heavy atom. The van der Waals surface area contributed by atoms with Crippen molar-refractivity contribution in [2.45, 2.75) is 13.3 Å². The van der Waals surface area contributed by atoms with Crippen molar-refractivity contribution in [3.05, 3.63) is 42.5 Å². The predicted octanol–water partition coefficient (Wildman–Crippen LogP) is 2.22. The molecule has 0 aliphatic heterocycles. The first-order chi connectivity index (χ1) is 7.65. The average molecular weight is 218 g/mol. The lowest BCUT2D eigenvalue weighted by molar-refractivity contribution is -0.153. The fraction of sp³-hybridized carbons (Fsp3) is 0.231. The van der Waals surface area contributed by atoms with Gasteiger partial charge >= 0.3 is 5.97 Å². The second kappa shape index (κ2) is 5.85. The van der Waals surface area contributed by atoms with Crippen LogP contribution in [0.1, 0.15) is 18.9 Å². The van der Waals surface area contributed by atoms with E-state index in [0.717, 1.165) is 5.56 Å². The monoisotopic (exact) mass is 218 g/mol. The van der Waals surface area contributed by atoms with Gasteiger partial charge in [-0.2, -0.15) is 0 Å². The lowest BCUT2D eigenvalue weighted by atomic mass is 10.0. The lowest BCUT2D eigenvalue weighted by Crippen LogP contribution is -2.17. The largest absolute Gasteiger partial charge is 0.460 e.